The van der Waals surface area contributed by atoms with Gasteiger partial charge in [0.15, 0.2) is 17.0 Å². The molecule has 2 saturated carbocycles. The molecule has 220 valence electrons. The number of Topliss-reactive ketones (excluding diaryl/α,β-unsaturated/α-hetero) is 1. The Bertz CT molecular complexity index is 1440. The number of furan rings is 1. The minimum absolute atomic E-state index is 0.133. The lowest BCUT2D eigenvalue weighted by Crippen LogP contribution is -2.75. The minimum Gasteiger partial charge on any atom is -0.504 e. The average Bonchev–Trinajstić information content (AvgIpc) is 3.28. The van der Waals surface area contributed by atoms with Gasteiger partial charge in [0.25, 0.3) is 0 Å². The number of hydrogen-bond acceptors (Lipinski definition) is 10. The third-order valence-electron chi connectivity index (χ3n) is 11.3. The number of fused-ring (bicyclic) bond motifs is 3. The van der Waals surface area contributed by atoms with E-state index in [-0.39, 0.29) is 11.5 Å². The fourth-order valence-corrected chi connectivity index (χ4v) is 9.48. The van der Waals surface area contributed by atoms with Crippen molar-refractivity contribution < 1.29 is 48.0 Å². The number of carbonyl (C=O) groups is 4. The maximum atomic E-state index is 14.6. The summed E-state index contributed by atoms with van der Waals surface area (Å²) >= 11 is 0. The summed E-state index contributed by atoms with van der Waals surface area (Å²) in [7, 11) is 1.13. The Kier molecular flexibility index (Phi) is 5.57. The lowest BCUT2D eigenvalue weighted by atomic mass is 9.38. The van der Waals surface area contributed by atoms with Gasteiger partial charge in [0.1, 0.15) is 11.7 Å². The van der Waals surface area contributed by atoms with Crippen LogP contribution < -0.4 is 0 Å². The Morgan fingerprint density at radius 3 is 2.41 bits per heavy atom. The summed E-state index contributed by atoms with van der Waals surface area (Å²) in [5.41, 5.74) is -6.61. The van der Waals surface area contributed by atoms with Gasteiger partial charge in [-0.25, -0.2) is 0 Å². The van der Waals surface area contributed by atoms with Crippen LogP contribution in [0.25, 0.3) is 0 Å². The summed E-state index contributed by atoms with van der Waals surface area (Å²) in [6.07, 6.45) is 3.35. The van der Waals surface area contributed by atoms with Gasteiger partial charge in [-0.2, -0.15) is 0 Å². The second-order valence-electron chi connectivity index (χ2n) is 13.3. The number of aliphatic hydroxyl groups excluding tert-OH is 2. The molecule has 10 heteroatoms. The van der Waals surface area contributed by atoms with Crippen LogP contribution in [0.1, 0.15) is 59.4 Å². The first-order chi connectivity index (χ1) is 19.1. The molecule has 41 heavy (non-hydrogen) atoms. The second-order valence-corrected chi connectivity index (χ2v) is 13.3. The first kappa shape index (κ1) is 27.9. The van der Waals surface area contributed by atoms with E-state index in [1.165, 1.54) is 19.1 Å². The maximum Gasteiger partial charge on any atom is 0.323 e. The molecule has 1 spiro atoms. The maximum absolute atomic E-state index is 14.6. The summed E-state index contributed by atoms with van der Waals surface area (Å²) < 4.78 is 23.0. The first-order valence-electron chi connectivity index (χ1n) is 14.0. The van der Waals surface area contributed by atoms with E-state index in [0.29, 0.717) is 6.42 Å². The van der Waals surface area contributed by atoms with Crippen molar-refractivity contribution >= 4 is 23.5 Å². The third kappa shape index (κ3) is 2.85. The quantitative estimate of drug-likeness (QED) is 0.315. The summed E-state index contributed by atoms with van der Waals surface area (Å²) in [6.45, 7) is 9.93. The Morgan fingerprint density at radius 2 is 1.83 bits per heavy atom. The molecule has 10 nitrogen and oxygen atoms in total. The predicted octanol–water partition coefficient (Wildman–Crippen LogP) is 3.19. The lowest BCUT2D eigenvalue weighted by molar-refractivity contribution is -0.242. The SMILES string of the molecule is COC(=O)[C@@]1(C)C(=O)C=C[C@@]2(C)C1=C(O)C(=O)[C@]1(C)[C@@H]2[C@@H](O)[C@H](OC(=O)C(C)C)[C@@]2(C)[C@H](c3ccoc3)C[C@H]3O[C@]321. The number of ether oxygens (including phenoxy) is 3. The molecule has 1 aromatic rings. The average molecular weight is 569 g/mol. The van der Waals surface area contributed by atoms with E-state index in [1.807, 2.05) is 13.0 Å². The fraction of sp³-hybridized carbons (Fsp3) is 0.613. The Labute approximate surface area is 237 Å². The smallest absolute Gasteiger partial charge is 0.323 e. The van der Waals surface area contributed by atoms with Crippen LogP contribution in [0.15, 0.2) is 46.5 Å². The highest BCUT2D eigenvalue weighted by molar-refractivity contribution is 6.15. The van der Waals surface area contributed by atoms with Crippen LogP contribution in [0, 0.1) is 33.5 Å². The van der Waals surface area contributed by atoms with Gasteiger partial charge in [0.05, 0.1) is 43.2 Å². The standard InChI is InChI=1S/C31H36O10/c1-14(2)25(36)40-24-20(34)22-27(3)10-8-17(32)28(4,26(37)38-7)21(27)19(33)23(35)30(22,6)31-18(41-31)12-16(29(24,31)5)15-9-11-39-13-15/h8-11,13-14,16,18,20,22,24,33-34H,12H2,1-7H3/t16-,18+,20+,22+,24-,27-,28-,29+,30-,31+/m0/s1. The normalized spacial score (nSPS) is 46.0. The van der Waals surface area contributed by atoms with Gasteiger partial charge in [-0.15, -0.1) is 0 Å². The van der Waals surface area contributed by atoms with Crippen molar-refractivity contribution in [3.63, 3.8) is 0 Å². The molecular weight excluding hydrogens is 532 g/mol. The van der Waals surface area contributed by atoms with Crippen molar-refractivity contribution in [1.29, 1.82) is 0 Å². The number of ketones is 2. The number of hydrogen-bond donors (Lipinski definition) is 2. The minimum atomic E-state index is -2.01. The van der Waals surface area contributed by atoms with Gasteiger partial charge in [0.2, 0.25) is 5.78 Å². The highest BCUT2D eigenvalue weighted by atomic mass is 16.6. The van der Waals surface area contributed by atoms with Gasteiger partial charge < -0.3 is 28.8 Å². The van der Waals surface area contributed by atoms with Crippen LogP contribution in [0.5, 0.6) is 0 Å². The highest BCUT2D eigenvalue weighted by Crippen LogP contribution is 2.81. The molecule has 1 aromatic heterocycles. The van der Waals surface area contributed by atoms with E-state index in [4.69, 9.17) is 18.6 Å². The zero-order valence-corrected chi connectivity index (χ0v) is 24.2. The zero-order valence-electron chi connectivity index (χ0n) is 24.2. The van der Waals surface area contributed by atoms with E-state index >= 15 is 0 Å². The van der Waals surface area contributed by atoms with Crippen molar-refractivity contribution in [2.75, 3.05) is 7.11 Å². The zero-order chi connectivity index (χ0) is 30.1. The number of allylic oxidation sites excluding steroid dienone is 3. The highest BCUT2D eigenvalue weighted by Gasteiger charge is 2.91. The largest absolute Gasteiger partial charge is 0.504 e. The number of epoxide rings is 1. The third-order valence-corrected chi connectivity index (χ3v) is 11.3. The molecule has 10 atom stereocenters. The van der Waals surface area contributed by atoms with Crippen LogP contribution in [0.4, 0.5) is 0 Å². The molecule has 3 fully saturated rings. The van der Waals surface area contributed by atoms with E-state index in [1.54, 1.807) is 40.2 Å². The van der Waals surface area contributed by atoms with Crippen molar-refractivity contribution in [2.24, 2.45) is 33.5 Å². The number of esters is 2. The van der Waals surface area contributed by atoms with Gasteiger partial charge in [-0.3, -0.25) is 19.2 Å². The molecule has 0 bridgehead atoms. The van der Waals surface area contributed by atoms with E-state index in [0.717, 1.165) is 12.7 Å². The fourth-order valence-electron chi connectivity index (χ4n) is 9.48. The Morgan fingerprint density at radius 1 is 1.15 bits per heavy atom. The number of rotatable bonds is 4. The molecule has 6 rings (SSSR count). The van der Waals surface area contributed by atoms with Crippen LogP contribution in [0.2, 0.25) is 0 Å². The summed E-state index contributed by atoms with van der Waals surface area (Å²) in [5, 5.41) is 24.1. The van der Waals surface area contributed by atoms with Crippen LogP contribution in [-0.2, 0) is 33.4 Å². The van der Waals surface area contributed by atoms with Gasteiger partial charge in [0, 0.05) is 28.2 Å². The van der Waals surface area contributed by atoms with Gasteiger partial charge >= 0.3 is 11.9 Å². The molecule has 0 aromatic carbocycles. The molecule has 0 radical (unpaired) electrons. The topological polar surface area (TPSA) is 153 Å². The molecule has 5 aliphatic rings. The Hall–Kier alpha value is -3.24. The summed E-state index contributed by atoms with van der Waals surface area (Å²) in [6, 6.07) is 1.81. The molecule has 2 N–H and O–H groups in total. The van der Waals surface area contributed by atoms with Crippen LogP contribution in [-0.4, -0.2) is 64.7 Å². The molecule has 2 heterocycles. The number of methoxy groups -OCH3 is 1. The van der Waals surface area contributed by atoms with Gasteiger partial charge in [-0.1, -0.05) is 33.8 Å². The second kappa shape index (κ2) is 8.19. The van der Waals surface area contributed by atoms with Crippen molar-refractivity contribution in [1.82, 2.24) is 0 Å². The van der Waals surface area contributed by atoms with Crippen molar-refractivity contribution in [3.05, 3.63) is 47.6 Å². The summed E-state index contributed by atoms with van der Waals surface area (Å²) in [5.74, 6) is -5.42. The lowest BCUT2D eigenvalue weighted by Gasteiger charge is -2.65. The van der Waals surface area contributed by atoms with E-state index in [9.17, 15) is 29.4 Å². The Balaban J connectivity index is 1.64. The number of aliphatic hydroxyl groups is 2. The summed E-state index contributed by atoms with van der Waals surface area (Å²) in [4.78, 5) is 54.1. The predicted molar refractivity (Wildman–Crippen MR) is 141 cm³/mol. The molecule has 1 saturated heterocycles. The molecular formula is C31H36O10. The first-order valence-corrected chi connectivity index (χ1v) is 14.0. The van der Waals surface area contributed by atoms with Crippen molar-refractivity contribution in [2.45, 2.75) is 77.8 Å². The van der Waals surface area contributed by atoms with Crippen LogP contribution in [0.3, 0.4) is 0 Å². The molecule has 4 aliphatic carbocycles. The van der Waals surface area contributed by atoms with E-state index in [2.05, 4.69) is 0 Å². The molecule has 0 amide bonds. The molecule has 0 unspecified atom stereocenters. The monoisotopic (exact) mass is 568 g/mol. The molecule has 1 aliphatic heterocycles. The van der Waals surface area contributed by atoms with E-state index < -0.39 is 86.7 Å². The van der Waals surface area contributed by atoms with Crippen molar-refractivity contribution in [3.8, 4) is 0 Å². The van der Waals surface area contributed by atoms with Gasteiger partial charge in [-0.05, 0) is 38.0 Å². The number of carbonyl (C=O) groups excluding carboxylic acids is 4. The van der Waals surface area contributed by atoms with Crippen LogP contribution >= 0.6 is 0 Å².